The zero-order valence-electron chi connectivity index (χ0n) is 15.3. The molecule has 0 radical (unpaired) electrons. The first-order chi connectivity index (χ1) is 12.7. The zero-order valence-corrected chi connectivity index (χ0v) is 17.7. The van der Waals surface area contributed by atoms with E-state index in [0.29, 0.717) is 12.1 Å². The van der Waals surface area contributed by atoms with Gasteiger partial charge in [-0.25, -0.2) is 0 Å². The molecule has 3 rings (SSSR count). The number of guanidine groups is 1. The van der Waals surface area contributed by atoms with Crippen molar-refractivity contribution < 1.29 is 9.53 Å². The van der Waals surface area contributed by atoms with E-state index in [0.717, 1.165) is 43.3 Å². The lowest BCUT2D eigenvalue weighted by Crippen LogP contribution is -2.37. The highest BCUT2D eigenvalue weighted by atomic mass is 127. The molecule has 2 aromatic carbocycles. The molecule has 4 N–H and O–H groups in total. The molecule has 0 unspecified atom stereocenters. The smallest absolute Gasteiger partial charge is 0.248 e. The van der Waals surface area contributed by atoms with Gasteiger partial charge in [0.2, 0.25) is 5.91 Å². The molecule has 0 bridgehead atoms. The number of fused-ring (bicyclic) bond motifs is 1. The lowest BCUT2D eigenvalue weighted by atomic mass is 10.1. The molecular formula is C20H25IN4O2. The summed E-state index contributed by atoms with van der Waals surface area (Å²) in [4.78, 5) is 15.3. The molecule has 1 aliphatic heterocycles. The minimum Gasteiger partial charge on any atom is -0.493 e. The van der Waals surface area contributed by atoms with Crippen LogP contribution in [0.5, 0.6) is 5.75 Å². The molecule has 0 saturated heterocycles. The largest absolute Gasteiger partial charge is 0.493 e. The molecule has 0 aromatic heterocycles. The number of primary amides is 1. The fourth-order valence-electron chi connectivity index (χ4n) is 2.91. The number of carbonyl (C=O) groups excluding carboxylic acids is 1. The van der Waals surface area contributed by atoms with Crippen LogP contribution in [0.2, 0.25) is 0 Å². The Labute approximate surface area is 176 Å². The van der Waals surface area contributed by atoms with E-state index in [1.807, 2.05) is 12.1 Å². The highest BCUT2D eigenvalue weighted by molar-refractivity contribution is 14.0. The minimum absolute atomic E-state index is 0. The molecule has 7 heteroatoms. The number of hydrogen-bond donors (Lipinski definition) is 3. The van der Waals surface area contributed by atoms with Gasteiger partial charge in [-0.2, -0.15) is 0 Å². The lowest BCUT2D eigenvalue weighted by Gasteiger charge is -2.12. The Hall–Kier alpha value is -2.29. The van der Waals surface area contributed by atoms with Gasteiger partial charge in [0, 0.05) is 32.1 Å². The molecule has 0 saturated carbocycles. The summed E-state index contributed by atoms with van der Waals surface area (Å²) in [5.41, 5.74) is 9.40. The standard InChI is InChI=1S/C20H24N4O2.HI/c1-22-20(24-13-15-2-5-16(6-3-15)19(21)25)23-10-8-14-4-7-18-17(12-14)9-11-26-18;/h2-7,12H,8-11,13H2,1H3,(H2,21,25)(H2,22,23,24);1H. The first kappa shape index (κ1) is 21.0. The molecule has 1 heterocycles. The summed E-state index contributed by atoms with van der Waals surface area (Å²) in [6.45, 7) is 2.20. The van der Waals surface area contributed by atoms with Gasteiger partial charge in [0.05, 0.1) is 6.61 Å². The second-order valence-corrected chi connectivity index (χ2v) is 6.20. The van der Waals surface area contributed by atoms with Crippen LogP contribution < -0.4 is 21.1 Å². The number of hydrogen-bond acceptors (Lipinski definition) is 3. The molecule has 0 aliphatic carbocycles. The van der Waals surface area contributed by atoms with Gasteiger partial charge >= 0.3 is 0 Å². The Morgan fingerprint density at radius 1 is 1.15 bits per heavy atom. The van der Waals surface area contributed by atoms with E-state index in [1.54, 1.807) is 19.2 Å². The zero-order chi connectivity index (χ0) is 18.4. The fraction of sp³-hybridized carbons (Fsp3) is 0.300. The van der Waals surface area contributed by atoms with Crippen molar-refractivity contribution in [2.45, 2.75) is 19.4 Å². The van der Waals surface area contributed by atoms with Crippen molar-refractivity contribution in [3.05, 3.63) is 64.7 Å². The third-order valence-corrected chi connectivity index (χ3v) is 4.38. The van der Waals surface area contributed by atoms with Gasteiger partial charge in [0.15, 0.2) is 5.96 Å². The summed E-state index contributed by atoms with van der Waals surface area (Å²) in [5.74, 6) is 1.34. The summed E-state index contributed by atoms with van der Waals surface area (Å²) in [6, 6.07) is 13.6. The van der Waals surface area contributed by atoms with Crippen molar-refractivity contribution >= 4 is 35.8 Å². The number of carbonyl (C=O) groups is 1. The van der Waals surface area contributed by atoms with E-state index in [2.05, 4.69) is 33.8 Å². The van der Waals surface area contributed by atoms with Crippen molar-refractivity contribution in [2.24, 2.45) is 10.7 Å². The normalized spacial score (nSPS) is 12.6. The van der Waals surface area contributed by atoms with Crippen molar-refractivity contribution in [1.82, 2.24) is 10.6 Å². The van der Waals surface area contributed by atoms with Gasteiger partial charge in [0.25, 0.3) is 0 Å². The number of benzene rings is 2. The van der Waals surface area contributed by atoms with Gasteiger partial charge in [-0.3, -0.25) is 9.79 Å². The van der Waals surface area contributed by atoms with Gasteiger partial charge in [-0.15, -0.1) is 24.0 Å². The number of nitrogens with zero attached hydrogens (tertiary/aromatic N) is 1. The third kappa shape index (κ3) is 5.85. The SMILES string of the molecule is CN=C(NCCc1ccc2c(c1)CCO2)NCc1ccc(C(N)=O)cc1.I. The Balaban J connectivity index is 0.00000261. The number of amides is 1. The van der Waals surface area contributed by atoms with Crippen molar-refractivity contribution in [3.63, 3.8) is 0 Å². The predicted molar refractivity (Wildman–Crippen MR) is 118 cm³/mol. The summed E-state index contributed by atoms with van der Waals surface area (Å²) in [6.07, 6.45) is 1.91. The lowest BCUT2D eigenvalue weighted by molar-refractivity contribution is 0.100. The van der Waals surface area contributed by atoms with Crippen LogP contribution in [0.1, 0.15) is 27.0 Å². The van der Waals surface area contributed by atoms with Crippen LogP contribution in [0.15, 0.2) is 47.5 Å². The van der Waals surface area contributed by atoms with Crippen LogP contribution in [-0.4, -0.2) is 32.1 Å². The highest BCUT2D eigenvalue weighted by Crippen LogP contribution is 2.25. The van der Waals surface area contributed by atoms with E-state index >= 15 is 0 Å². The Bertz CT molecular complexity index is 806. The molecule has 6 nitrogen and oxygen atoms in total. The van der Waals surface area contributed by atoms with Gasteiger partial charge in [0.1, 0.15) is 5.75 Å². The second-order valence-electron chi connectivity index (χ2n) is 6.20. The van der Waals surface area contributed by atoms with E-state index in [9.17, 15) is 4.79 Å². The Morgan fingerprint density at radius 3 is 2.59 bits per heavy atom. The van der Waals surface area contributed by atoms with Gasteiger partial charge in [-0.05, 0) is 41.3 Å². The predicted octanol–water partition coefficient (Wildman–Crippen LogP) is 2.25. The molecule has 0 atom stereocenters. The summed E-state index contributed by atoms with van der Waals surface area (Å²) in [5, 5.41) is 6.58. The van der Waals surface area contributed by atoms with Crippen molar-refractivity contribution in [3.8, 4) is 5.75 Å². The Kier molecular flexibility index (Phi) is 7.90. The summed E-state index contributed by atoms with van der Waals surface area (Å²) >= 11 is 0. The number of aliphatic imine (C=N–C) groups is 1. The number of rotatable bonds is 6. The van der Waals surface area contributed by atoms with Crippen LogP contribution in [-0.2, 0) is 19.4 Å². The van der Waals surface area contributed by atoms with Gasteiger partial charge < -0.3 is 21.1 Å². The molecule has 1 aliphatic rings. The molecular weight excluding hydrogens is 455 g/mol. The van der Waals surface area contributed by atoms with Crippen LogP contribution in [0.3, 0.4) is 0 Å². The molecule has 144 valence electrons. The quantitative estimate of drug-likeness (QED) is 0.336. The fourth-order valence-corrected chi connectivity index (χ4v) is 2.91. The number of nitrogens with two attached hydrogens (primary N) is 1. The highest BCUT2D eigenvalue weighted by Gasteiger charge is 2.11. The minimum atomic E-state index is -0.417. The summed E-state index contributed by atoms with van der Waals surface area (Å²) < 4.78 is 5.54. The second kappa shape index (κ2) is 10.1. The van der Waals surface area contributed by atoms with Gasteiger partial charge in [-0.1, -0.05) is 24.3 Å². The number of halogens is 1. The van der Waals surface area contributed by atoms with Crippen molar-refractivity contribution in [1.29, 1.82) is 0 Å². The topological polar surface area (TPSA) is 88.7 Å². The first-order valence-corrected chi connectivity index (χ1v) is 8.73. The number of nitrogens with one attached hydrogen (secondary N) is 2. The molecule has 27 heavy (non-hydrogen) atoms. The van der Waals surface area contributed by atoms with Crippen LogP contribution in [0.25, 0.3) is 0 Å². The monoisotopic (exact) mass is 480 g/mol. The molecule has 0 spiro atoms. The van der Waals surface area contributed by atoms with E-state index in [-0.39, 0.29) is 24.0 Å². The van der Waals surface area contributed by atoms with E-state index < -0.39 is 5.91 Å². The first-order valence-electron chi connectivity index (χ1n) is 8.73. The maximum Gasteiger partial charge on any atom is 0.248 e. The van der Waals surface area contributed by atoms with Crippen molar-refractivity contribution in [2.75, 3.05) is 20.2 Å². The maximum absolute atomic E-state index is 11.1. The maximum atomic E-state index is 11.1. The molecule has 1 amide bonds. The van der Waals surface area contributed by atoms with E-state index in [1.165, 1.54) is 11.1 Å². The summed E-state index contributed by atoms with van der Waals surface area (Å²) in [7, 11) is 1.75. The van der Waals surface area contributed by atoms with Crippen LogP contribution >= 0.6 is 24.0 Å². The Morgan fingerprint density at radius 2 is 1.89 bits per heavy atom. The van der Waals surface area contributed by atoms with Crippen LogP contribution in [0.4, 0.5) is 0 Å². The average Bonchev–Trinajstić information content (AvgIpc) is 3.12. The third-order valence-electron chi connectivity index (χ3n) is 4.38. The number of ether oxygens (including phenoxy) is 1. The van der Waals surface area contributed by atoms with E-state index in [4.69, 9.17) is 10.5 Å². The average molecular weight is 480 g/mol. The van der Waals surface area contributed by atoms with Crippen LogP contribution in [0, 0.1) is 0 Å². The molecule has 2 aromatic rings. The molecule has 0 fully saturated rings.